The van der Waals surface area contributed by atoms with Gasteiger partial charge in [-0.15, -0.1) is 22.7 Å². The molecule has 1 aliphatic rings. The average Bonchev–Trinajstić information content (AvgIpc) is 2.96. The summed E-state index contributed by atoms with van der Waals surface area (Å²) in [6.45, 7) is 2.21. The summed E-state index contributed by atoms with van der Waals surface area (Å²) in [5, 5.41) is 5.66. The van der Waals surface area contributed by atoms with Crippen LogP contribution in [0.4, 0.5) is 0 Å². The molecular formula is C14H17NS2. The monoisotopic (exact) mass is 263 g/mol. The zero-order valence-electron chi connectivity index (χ0n) is 10.2. The molecule has 2 aromatic heterocycles. The molecule has 0 fully saturated rings. The van der Waals surface area contributed by atoms with Crippen LogP contribution in [-0.2, 0) is 12.8 Å². The average molecular weight is 263 g/mol. The zero-order valence-corrected chi connectivity index (χ0v) is 11.9. The number of hydrogen-bond donors (Lipinski definition) is 1. The normalized spacial score (nSPS) is 16.1. The van der Waals surface area contributed by atoms with Gasteiger partial charge in [-0.1, -0.05) is 0 Å². The van der Waals surface area contributed by atoms with Crippen molar-refractivity contribution < 1.29 is 0 Å². The Morgan fingerprint density at radius 1 is 1.35 bits per heavy atom. The lowest BCUT2D eigenvalue weighted by Gasteiger charge is -2.14. The highest BCUT2D eigenvalue weighted by Gasteiger charge is 2.21. The Balaban J connectivity index is 1.97. The maximum atomic E-state index is 3.47. The van der Waals surface area contributed by atoms with Gasteiger partial charge in [-0.3, -0.25) is 0 Å². The van der Waals surface area contributed by atoms with E-state index >= 15 is 0 Å². The van der Waals surface area contributed by atoms with Gasteiger partial charge in [0.25, 0.3) is 0 Å². The molecule has 0 saturated heterocycles. The van der Waals surface area contributed by atoms with Crippen LogP contribution in [0, 0.1) is 6.92 Å². The minimum absolute atomic E-state index is 0.386. The van der Waals surface area contributed by atoms with Crippen molar-refractivity contribution in [2.24, 2.45) is 0 Å². The number of hydrogen-bond acceptors (Lipinski definition) is 3. The number of aryl methyl sites for hydroxylation is 3. The van der Waals surface area contributed by atoms with E-state index in [1.807, 2.05) is 22.7 Å². The van der Waals surface area contributed by atoms with Gasteiger partial charge in [0.2, 0.25) is 0 Å². The Hall–Kier alpha value is -0.640. The van der Waals surface area contributed by atoms with E-state index in [1.54, 1.807) is 10.4 Å². The predicted molar refractivity (Wildman–Crippen MR) is 76.3 cm³/mol. The van der Waals surface area contributed by atoms with Crippen LogP contribution < -0.4 is 5.32 Å². The molecule has 0 bridgehead atoms. The summed E-state index contributed by atoms with van der Waals surface area (Å²) in [4.78, 5) is 4.53. The Labute approximate surface area is 111 Å². The third-order valence-corrected chi connectivity index (χ3v) is 5.71. The van der Waals surface area contributed by atoms with E-state index < -0.39 is 0 Å². The van der Waals surface area contributed by atoms with Crippen LogP contribution >= 0.6 is 22.7 Å². The van der Waals surface area contributed by atoms with Gasteiger partial charge >= 0.3 is 0 Å². The summed E-state index contributed by atoms with van der Waals surface area (Å²) < 4.78 is 0. The van der Waals surface area contributed by atoms with Crippen molar-refractivity contribution in [2.45, 2.75) is 32.2 Å². The minimum atomic E-state index is 0.386. The molecule has 90 valence electrons. The SMILES string of the molecule is CNC(c1cc2c(s1)CCC2)c1ccsc1C. The lowest BCUT2D eigenvalue weighted by molar-refractivity contribution is 0.702. The number of fused-ring (bicyclic) bond motifs is 1. The molecule has 0 amide bonds. The molecular weight excluding hydrogens is 246 g/mol. The largest absolute Gasteiger partial charge is 0.309 e. The predicted octanol–water partition coefficient (Wildman–Crippen LogP) is 3.92. The lowest BCUT2D eigenvalue weighted by Crippen LogP contribution is -2.16. The molecule has 1 aliphatic carbocycles. The molecule has 1 N–H and O–H groups in total. The molecule has 2 aromatic rings. The van der Waals surface area contributed by atoms with Gasteiger partial charge in [-0.2, -0.15) is 0 Å². The molecule has 0 spiro atoms. The first-order valence-electron chi connectivity index (χ1n) is 6.12. The number of nitrogens with one attached hydrogen (secondary N) is 1. The second kappa shape index (κ2) is 4.56. The van der Waals surface area contributed by atoms with Crippen molar-refractivity contribution in [2.75, 3.05) is 7.05 Å². The topological polar surface area (TPSA) is 12.0 Å². The molecule has 1 atom stereocenters. The standard InChI is InChI=1S/C14H17NS2/c1-9-11(6-7-16-9)14(15-2)13-8-10-4-3-5-12(10)17-13/h6-8,14-15H,3-5H2,1-2H3. The summed E-state index contributed by atoms with van der Waals surface area (Å²) >= 11 is 3.84. The number of rotatable bonds is 3. The molecule has 0 aromatic carbocycles. The zero-order chi connectivity index (χ0) is 11.8. The van der Waals surface area contributed by atoms with Crippen molar-refractivity contribution in [3.63, 3.8) is 0 Å². The molecule has 1 unspecified atom stereocenters. The fourth-order valence-corrected chi connectivity index (χ4v) is 4.77. The third kappa shape index (κ3) is 1.96. The quantitative estimate of drug-likeness (QED) is 0.885. The smallest absolute Gasteiger partial charge is 0.0679 e. The van der Waals surface area contributed by atoms with Crippen LogP contribution in [0.25, 0.3) is 0 Å². The van der Waals surface area contributed by atoms with Crippen LogP contribution in [0.2, 0.25) is 0 Å². The Morgan fingerprint density at radius 2 is 2.24 bits per heavy atom. The van der Waals surface area contributed by atoms with Crippen LogP contribution in [-0.4, -0.2) is 7.05 Å². The summed E-state index contributed by atoms with van der Waals surface area (Å²) in [5.74, 6) is 0. The maximum Gasteiger partial charge on any atom is 0.0679 e. The fourth-order valence-electron chi connectivity index (χ4n) is 2.64. The van der Waals surface area contributed by atoms with Gasteiger partial charge in [0.1, 0.15) is 0 Å². The highest BCUT2D eigenvalue weighted by atomic mass is 32.1. The first kappa shape index (κ1) is 11.5. The van der Waals surface area contributed by atoms with E-state index in [0.717, 1.165) is 0 Å². The van der Waals surface area contributed by atoms with E-state index in [9.17, 15) is 0 Å². The highest BCUT2D eigenvalue weighted by Crippen LogP contribution is 2.37. The Bertz CT molecular complexity index is 503. The molecule has 3 rings (SSSR count). The van der Waals surface area contributed by atoms with Gasteiger partial charge in [-0.05, 0) is 61.9 Å². The van der Waals surface area contributed by atoms with Crippen LogP contribution in [0.1, 0.15) is 38.2 Å². The van der Waals surface area contributed by atoms with Crippen LogP contribution in [0.15, 0.2) is 17.5 Å². The highest BCUT2D eigenvalue weighted by molar-refractivity contribution is 7.12. The first-order valence-corrected chi connectivity index (χ1v) is 7.82. The van der Waals surface area contributed by atoms with Gasteiger partial charge in [0, 0.05) is 14.6 Å². The Kier molecular flexibility index (Phi) is 3.07. The number of thiophene rings is 2. The molecule has 2 heterocycles. The first-order chi connectivity index (χ1) is 8.29. The Morgan fingerprint density at radius 3 is 2.88 bits per heavy atom. The van der Waals surface area contributed by atoms with E-state index in [4.69, 9.17) is 0 Å². The summed E-state index contributed by atoms with van der Waals surface area (Å²) in [6, 6.07) is 5.06. The molecule has 1 nitrogen and oxygen atoms in total. The van der Waals surface area contributed by atoms with Crippen LogP contribution in [0.3, 0.4) is 0 Å². The summed E-state index contributed by atoms with van der Waals surface area (Å²) in [7, 11) is 2.06. The van der Waals surface area contributed by atoms with Gasteiger partial charge in [0.05, 0.1) is 6.04 Å². The van der Waals surface area contributed by atoms with E-state index in [-0.39, 0.29) is 0 Å². The molecule has 17 heavy (non-hydrogen) atoms. The fraction of sp³-hybridized carbons (Fsp3) is 0.429. The second-order valence-electron chi connectivity index (χ2n) is 4.60. The van der Waals surface area contributed by atoms with Gasteiger partial charge in [-0.25, -0.2) is 0 Å². The van der Waals surface area contributed by atoms with Gasteiger partial charge in [0.15, 0.2) is 0 Å². The summed E-state index contributed by atoms with van der Waals surface area (Å²) in [5.41, 5.74) is 3.04. The lowest BCUT2D eigenvalue weighted by atomic mass is 10.1. The van der Waals surface area contributed by atoms with E-state index in [0.29, 0.717) is 6.04 Å². The van der Waals surface area contributed by atoms with E-state index in [2.05, 4.69) is 36.8 Å². The van der Waals surface area contributed by atoms with Crippen molar-refractivity contribution in [3.05, 3.63) is 43.3 Å². The summed E-state index contributed by atoms with van der Waals surface area (Å²) in [6.07, 6.45) is 3.92. The third-order valence-electron chi connectivity index (χ3n) is 3.55. The van der Waals surface area contributed by atoms with E-state index in [1.165, 1.54) is 34.6 Å². The van der Waals surface area contributed by atoms with Crippen molar-refractivity contribution in [3.8, 4) is 0 Å². The minimum Gasteiger partial charge on any atom is -0.309 e. The molecule has 0 radical (unpaired) electrons. The van der Waals surface area contributed by atoms with Gasteiger partial charge < -0.3 is 5.32 Å². The van der Waals surface area contributed by atoms with Crippen molar-refractivity contribution in [1.29, 1.82) is 0 Å². The van der Waals surface area contributed by atoms with Crippen molar-refractivity contribution in [1.82, 2.24) is 5.32 Å². The van der Waals surface area contributed by atoms with Crippen molar-refractivity contribution >= 4 is 22.7 Å². The maximum absolute atomic E-state index is 3.47. The molecule has 0 aliphatic heterocycles. The second-order valence-corrected chi connectivity index (χ2v) is 6.89. The molecule has 0 saturated carbocycles. The van der Waals surface area contributed by atoms with Crippen LogP contribution in [0.5, 0.6) is 0 Å². The molecule has 3 heteroatoms.